The Hall–Kier alpha value is -1.11. The molecule has 2 unspecified atom stereocenters. The standard InChI is InChI=1S/C15H19IN2O2/c1-4-12-15(20)18(11-7-5-10(16)6-8-11)13(9(2)3)14(19)17-12/h5-9,12-13H,4H2,1-3H3,(H,17,19). The fourth-order valence-electron chi connectivity index (χ4n) is 2.51. The van der Waals surface area contributed by atoms with Gasteiger partial charge in [-0.15, -0.1) is 0 Å². The fourth-order valence-corrected chi connectivity index (χ4v) is 2.87. The van der Waals surface area contributed by atoms with E-state index in [0.29, 0.717) is 6.42 Å². The Bertz CT molecular complexity index is 513. The highest BCUT2D eigenvalue weighted by Gasteiger charge is 2.41. The first-order chi connectivity index (χ1) is 9.45. The number of carbonyl (C=O) groups is 2. The number of hydrogen-bond acceptors (Lipinski definition) is 2. The summed E-state index contributed by atoms with van der Waals surface area (Å²) in [6, 6.07) is 6.85. The van der Waals surface area contributed by atoms with Crippen molar-refractivity contribution < 1.29 is 9.59 Å². The largest absolute Gasteiger partial charge is 0.342 e. The quantitative estimate of drug-likeness (QED) is 0.812. The Morgan fingerprint density at radius 2 is 1.85 bits per heavy atom. The Labute approximate surface area is 133 Å². The summed E-state index contributed by atoms with van der Waals surface area (Å²) in [7, 11) is 0. The molecule has 0 aliphatic carbocycles. The van der Waals surface area contributed by atoms with Crippen molar-refractivity contribution in [3.8, 4) is 0 Å². The minimum Gasteiger partial charge on any atom is -0.342 e. The molecule has 1 fully saturated rings. The number of amides is 2. The van der Waals surface area contributed by atoms with E-state index in [9.17, 15) is 9.59 Å². The molecule has 0 aromatic heterocycles. The van der Waals surface area contributed by atoms with Crippen LogP contribution in [-0.4, -0.2) is 23.9 Å². The highest BCUT2D eigenvalue weighted by atomic mass is 127. The van der Waals surface area contributed by atoms with Gasteiger partial charge in [-0.05, 0) is 59.2 Å². The van der Waals surface area contributed by atoms with Gasteiger partial charge in [-0.1, -0.05) is 20.8 Å². The summed E-state index contributed by atoms with van der Waals surface area (Å²) in [5.74, 6) is -0.0203. The van der Waals surface area contributed by atoms with Gasteiger partial charge >= 0.3 is 0 Å². The first kappa shape index (κ1) is 15.3. The number of nitrogens with one attached hydrogen (secondary N) is 1. The molecule has 0 saturated carbocycles. The zero-order valence-corrected chi connectivity index (χ0v) is 14.0. The lowest BCUT2D eigenvalue weighted by Gasteiger charge is -2.40. The average molecular weight is 386 g/mol. The van der Waals surface area contributed by atoms with Crippen molar-refractivity contribution in [2.45, 2.75) is 39.3 Å². The van der Waals surface area contributed by atoms with E-state index >= 15 is 0 Å². The number of carbonyl (C=O) groups excluding carboxylic acids is 2. The molecule has 1 aromatic carbocycles. The van der Waals surface area contributed by atoms with Crippen molar-refractivity contribution in [2.24, 2.45) is 5.92 Å². The van der Waals surface area contributed by atoms with Crippen LogP contribution in [0.1, 0.15) is 27.2 Å². The molecule has 2 amide bonds. The molecule has 1 aliphatic heterocycles. The van der Waals surface area contributed by atoms with Gasteiger partial charge in [-0.2, -0.15) is 0 Å². The third kappa shape index (κ3) is 2.82. The summed E-state index contributed by atoms with van der Waals surface area (Å²) in [6.07, 6.45) is 0.607. The number of halogens is 1. The molecule has 0 bridgehead atoms. The fraction of sp³-hybridized carbons (Fsp3) is 0.467. The van der Waals surface area contributed by atoms with Gasteiger partial charge in [0.2, 0.25) is 11.8 Å². The van der Waals surface area contributed by atoms with Crippen LogP contribution in [0.4, 0.5) is 5.69 Å². The van der Waals surface area contributed by atoms with Crippen LogP contribution >= 0.6 is 22.6 Å². The Balaban J connectivity index is 2.44. The Morgan fingerprint density at radius 3 is 2.35 bits per heavy atom. The average Bonchev–Trinajstić information content (AvgIpc) is 2.41. The monoisotopic (exact) mass is 386 g/mol. The molecule has 108 valence electrons. The lowest BCUT2D eigenvalue weighted by molar-refractivity contribution is -0.134. The van der Waals surface area contributed by atoms with Crippen molar-refractivity contribution in [3.05, 3.63) is 27.8 Å². The van der Waals surface area contributed by atoms with Crippen LogP contribution in [-0.2, 0) is 9.59 Å². The number of benzene rings is 1. The van der Waals surface area contributed by atoms with Gasteiger partial charge in [0.05, 0.1) is 0 Å². The Kier molecular flexibility index (Phi) is 4.67. The van der Waals surface area contributed by atoms with Crippen molar-refractivity contribution >= 4 is 40.1 Å². The summed E-state index contributed by atoms with van der Waals surface area (Å²) >= 11 is 2.22. The predicted octanol–water partition coefficient (Wildman–Crippen LogP) is 2.56. The molecule has 0 spiro atoms. The number of anilines is 1. The highest BCUT2D eigenvalue weighted by Crippen LogP contribution is 2.26. The summed E-state index contributed by atoms with van der Waals surface area (Å²) in [6.45, 7) is 5.83. The molecule has 1 saturated heterocycles. The van der Waals surface area contributed by atoms with Gasteiger partial charge in [0, 0.05) is 9.26 Å². The normalized spacial score (nSPS) is 23.1. The SMILES string of the molecule is CCC1NC(=O)C(C(C)C)N(c2ccc(I)cc2)C1=O. The molecule has 1 aromatic rings. The molecular formula is C15H19IN2O2. The molecule has 1 heterocycles. The maximum atomic E-state index is 12.6. The van der Waals surface area contributed by atoms with Crippen LogP contribution < -0.4 is 10.2 Å². The number of piperazine rings is 1. The molecule has 0 radical (unpaired) electrons. The zero-order valence-electron chi connectivity index (χ0n) is 11.9. The molecule has 20 heavy (non-hydrogen) atoms. The second-order valence-corrected chi connectivity index (χ2v) is 6.59. The van der Waals surface area contributed by atoms with Crippen LogP contribution in [0.25, 0.3) is 0 Å². The van der Waals surface area contributed by atoms with Crippen LogP contribution in [0.15, 0.2) is 24.3 Å². The molecule has 2 rings (SSSR count). The second kappa shape index (κ2) is 6.11. The first-order valence-electron chi connectivity index (χ1n) is 6.84. The van der Waals surface area contributed by atoms with E-state index < -0.39 is 12.1 Å². The molecule has 1 N–H and O–H groups in total. The van der Waals surface area contributed by atoms with Gasteiger partial charge in [0.25, 0.3) is 0 Å². The number of rotatable bonds is 3. The van der Waals surface area contributed by atoms with Crippen molar-refractivity contribution in [1.82, 2.24) is 5.32 Å². The smallest absolute Gasteiger partial charge is 0.250 e. The van der Waals surface area contributed by atoms with E-state index in [2.05, 4.69) is 27.9 Å². The van der Waals surface area contributed by atoms with Crippen LogP contribution in [0.2, 0.25) is 0 Å². The van der Waals surface area contributed by atoms with Crippen molar-refractivity contribution in [1.29, 1.82) is 0 Å². The minimum atomic E-state index is -0.439. The third-order valence-electron chi connectivity index (χ3n) is 3.54. The number of hydrogen-bond donors (Lipinski definition) is 1. The van der Waals surface area contributed by atoms with E-state index in [-0.39, 0.29) is 17.7 Å². The Morgan fingerprint density at radius 1 is 1.25 bits per heavy atom. The summed E-state index contributed by atoms with van der Waals surface area (Å²) in [5, 5.41) is 2.83. The van der Waals surface area contributed by atoms with Gasteiger partial charge in [-0.25, -0.2) is 0 Å². The van der Waals surface area contributed by atoms with Crippen LogP contribution in [0.3, 0.4) is 0 Å². The van der Waals surface area contributed by atoms with Crippen molar-refractivity contribution in [3.63, 3.8) is 0 Å². The lowest BCUT2D eigenvalue weighted by atomic mass is 9.95. The van der Waals surface area contributed by atoms with Crippen molar-refractivity contribution in [2.75, 3.05) is 4.90 Å². The van der Waals surface area contributed by atoms with Gasteiger partial charge < -0.3 is 5.32 Å². The maximum absolute atomic E-state index is 12.6. The van der Waals surface area contributed by atoms with E-state index in [1.165, 1.54) is 0 Å². The van der Waals surface area contributed by atoms with E-state index in [0.717, 1.165) is 9.26 Å². The number of nitrogens with zero attached hydrogens (tertiary/aromatic N) is 1. The molecule has 2 atom stereocenters. The second-order valence-electron chi connectivity index (χ2n) is 5.34. The van der Waals surface area contributed by atoms with Gasteiger partial charge in [0.1, 0.15) is 12.1 Å². The summed E-state index contributed by atoms with van der Waals surface area (Å²) < 4.78 is 1.10. The molecular weight excluding hydrogens is 367 g/mol. The van der Waals surface area contributed by atoms with E-state index in [1.54, 1.807) is 4.90 Å². The third-order valence-corrected chi connectivity index (χ3v) is 4.26. The lowest BCUT2D eigenvalue weighted by Crippen LogP contribution is -2.65. The van der Waals surface area contributed by atoms with Crippen LogP contribution in [0, 0.1) is 9.49 Å². The summed E-state index contributed by atoms with van der Waals surface area (Å²) in [5.41, 5.74) is 0.794. The highest BCUT2D eigenvalue weighted by molar-refractivity contribution is 14.1. The van der Waals surface area contributed by atoms with Crippen LogP contribution in [0.5, 0.6) is 0 Å². The predicted molar refractivity (Wildman–Crippen MR) is 87.5 cm³/mol. The van der Waals surface area contributed by atoms with E-state index in [1.807, 2.05) is 45.0 Å². The molecule has 5 heteroatoms. The maximum Gasteiger partial charge on any atom is 0.250 e. The summed E-state index contributed by atoms with van der Waals surface area (Å²) in [4.78, 5) is 26.6. The molecule has 4 nitrogen and oxygen atoms in total. The minimum absolute atomic E-state index is 0.0213. The first-order valence-corrected chi connectivity index (χ1v) is 7.92. The zero-order chi connectivity index (χ0) is 14.9. The van der Waals surface area contributed by atoms with Gasteiger partial charge in [0.15, 0.2) is 0 Å². The molecule has 1 aliphatic rings. The topological polar surface area (TPSA) is 49.4 Å². The van der Waals surface area contributed by atoms with E-state index in [4.69, 9.17) is 0 Å². The van der Waals surface area contributed by atoms with Gasteiger partial charge in [-0.3, -0.25) is 14.5 Å².